The van der Waals surface area contributed by atoms with Crippen LogP contribution in [-0.4, -0.2) is 53.4 Å². The molecule has 5 rings (SSSR count). The van der Waals surface area contributed by atoms with Crippen molar-refractivity contribution in [1.29, 1.82) is 0 Å². The van der Waals surface area contributed by atoms with Crippen molar-refractivity contribution in [3.63, 3.8) is 0 Å². The zero-order chi connectivity index (χ0) is 28.6. The van der Waals surface area contributed by atoms with Gasteiger partial charge in [0.2, 0.25) is 0 Å². The molecular weight excluding hydrogens is 535 g/mol. The summed E-state index contributed by atoms with van der Waals surface area (Å²) < 4.78 is 19.0. The first-order valence-corrected chi connectivity index (χ1v) is 13.7. The van der Waals surface area contributed by atoms with E-state index in [1.165, 1.54) is 12.1 Å². The van der Waals surface area contributed by atoms with E-state index in [9.17, 15) is 14.0 Å². The van der Waals surface area contributed by atoms with Gasteiger partial charge in [-0.3, -0.25) is 9.88 Å². The summed E-state index contributed by atoms with van der Waals surface area (Å²) in [5, 5.41) is 9.00. The van der Waals surface area contributed by atoms with Gasteiger partial charge >= 0.3 is 12.2 Å². The molecule has 2 aliphatic rings. The summed E-state index contributed by atoms with van der Waals surface area (Å²) in [4.78, 5) is 35.5. The van der Waals surface area contributed by atoms with Crippen LogP contribution >= 0.6 is 11.6 Å². The number of ether oxygens (including phenoxy) is 1. The summed E-state index contributed by atoms with van der Waals surface area (Å²) in [5.74, 6) is -0.324. The predicted octanol–water partition coefficient (Wildman–Crippen LogP) is 6.76. The minimum Gasteiger partial charge on any atom is -0.449 e. The molecule has 0 saturated carbocycles. The van der Waals surface area contributed by atoms with Gasteiger partial charge in [0, 0.05) is 48.9 Å². The van der Waals surface area contributed by atoms with Crippen LogP contribution in [0.25, 0.3) is 0 Å². The number of anilines is 2. The van der Waals surface area contributed by atoms with Crippen LogP contribution in [0.4, 0.5) is 25.4 Å². The third-order valence-electron chi connectivity index (χ3n) is 7.79. The van der Waals surface area contributed by atoms with Gasteiger partial charge in [0.1, 0.15) is 11.6 Å². The lowest BCUT2D eigenvalue weighted by Crippen LogP contribution is -2.52. The van der Waals surface area contributed by atoms with Crippen molar-refractivity contribution in [2.45, 2.75) is 51.6 Å². The van der Waals surface area contributed by atoms with Crippen molar-refractivity contribution >= 4 is 35.2 Å². The van der Waals surface area contributed by atoms with Gasteiger partial charge in [-0.25, -0.2) is 14.0 Å². The number of urea groups is 1. The summed E-state index contributed by atoms with van der Waals surface area (Å²) in [5.41, 5.74) is 5.50. The SMILES string of the molecule is Cc1cc(N2CCC(N(C(=O)N(C)C3CCc4ccc(OC(=O)O)cc43)c3ccc(F)c(Cl)c3)CC2)cc(C)n1. The molecule has 1 unspecified atom stereocenters. The molecule has 1 N–H and O–H groups in total. The maximum Gasteiger partial charge on any atom is 0.511 e. The van der Waals surface area contributed by atoms with Gasteiger partial charge in [-0.2, -0.15) is 0 Å². The van der Waals surface area contributed by atoms with Gasteiger partial charge in [-0.05, 0) is 93.1 Å². The van der Waals surface area contributed by atoms with Crippen LogP contribution < -0.4 is 14.5 Å². The van der Waals surface area contributed by atoms with E-state index in [1.54, 1.807) is 35.0 Å². The number of carbonyl (C=O) groups is 2. The fourth-order valence-electron chi connectivity index (χ4n) is 5.92. The van der Waals surface area contributed by atoms with Crippen molar-refractivity contribution in [2.75, 3.05) is 29.9 Å². The molecule has 0 bridgehead atoms. The van der Waals surface area contributed by atoms with Crippen molar-refractivity contribution in [3.05, 3.63) is 81.9 Å². The van der Waals surface area contributed by atoms with E-state index in [0.717, 1.165) is 47.7 Å². The maximum atomic E-state index is 14.2. The van der Waals surface area contributed by atoms with E-state index in [0.29, 0.717) is 24.9 Å². The van der Waals surface area contributed by atoms with Crippen molar-refractivity contribution in [2.24, 2.45) is 0 Å². The van der Waals surface area contributed by atoms with E-state index in [2.05, 4.69) is 22.0 Å². The Morgan fingerprint density at radius 2 is 1.75 bits per heavy atom. The number of pyridine rings is 1. The third kappa shape index (κ3) is 5.70. The highest BCUT2D eigenvalue weighted by atomic mass is 35.5. The Kier molecular flexibility index (Phi) is 7.85. The van der Waals surface area contributed by atoms with Gasteiger partial charge < -0.3 is 19.6 Å². The number of hydrogen-bond acceptors (Lipinski definition) is 5. The standard InChI is InChI=1S/C30H32ClFN4O4/c1-18-14-23(15-19(2)33-18)35-12-10-21(11-13-35)36(22-6-8-27(32)26(31)16-22)29(37)34(3)28-9-5-20-4-7-24(17-25(20)28)40-30(38)39/h4,6-8,14-17,21,28H,5,9-13H2,1-3H3,(H,38,39). The first-order chi connectivity index (χ1) is 19.1. The molecule has 0 radical (unpaired) electrons. The van der Waals surface area contributed by atoms with Crippen molar-refractivity contribution in [1.82, 2.24) is 9.88 Å². The number of carbonyl (C=O) groups excluding carboxylic acids is 1. The fourth-order valence-corrected chi connectivity index (χ4v) is 6.09. The smallest absolute Gasteiger partial charge is 0.449 e. The van der Waals surface area contributed by atoms with E-state index < -0.39 is 12.0 Å². The maximum absolute atomic E-state index is 14.2. The zero-order valence-corrected chi connectivity index (χ0v) is 23.5. The zero-order valence-electron chi connectivity index (χ0n) is 22.7. The van der Waals surface area contributed by atoms with E-state index in [4.69, 9.17) is 21.4 Å². The molecule has 3 aromatic rings. The summed E-state index contributed by atoms with van der Waals surface area (Å²) in [6.07, 6.45) is 1.50. The molecule has 1 aliphatic carbocycles. The highest BCUT2D eigenvalue weighted by Gasteiger charge is 2.36. The molecule has 1 aliphatic heterocycles. The first-order valence-electron chi connectivity index (χ1n) is 13.4. The Morgan fingerprint density at radius 3 is 2.40 bits per heavy atom. The van der Waals surface area contributed by atoms with Crippen LogP contribution in [0.2, 0.25) is 5.02 Å². The molecule has 2 aromatic carbocycles. The largest absolute Gasteiger partial charge is 0.511 e. The van der Waals surface area contributed by atoms with E-state index >= 15 is 0 Å². The van der Waals surface area contributed by atoms with E-state index in [1.807, 2.05) is 19.9 Å². The van der Waals surface area contributed by atoms with Gasteiger partial charge in [0.05, 0.1) is 11.1 Å². The second kappa shape index (κ2) is 11.3. The number of aromatic nitrogens is 1. The Balaban J connectivity index is 1.41. The molecule has 2 amide bonds. The number of nitrogens with zero attached hydrogens (tertiary/aromatic N) is 4. The second-order valence-corrected chi connectivity index (χ2v) is 10.9. The summed E-state index contributed by atoms with van der Waals surface area (Å²) in [6, 6.07) is 13.1. The second-order valence-electron chi connectivity index (χ2n) is 10.5. The molecule has 2 heterocycles. The van der Waals surface area contributed by atoms with Crippen LogP contribution in [0.1, 0.15) is 47.8 Å². The highest BCUT2D eigenvalue weighted by molar-refractivity contribution is 6.31. The fraction of sp³-hybridized carbons (Fsp3) is 0.367. The lowest BCUT2D eigenvalue weighted by atomic mass is 10.0. The molecule has 210 valence electrons. The number of rotatable bonds is 5. The monoisotopic (exact) mass is 566 g/mol. The Morgan fingerprint density at radius 1 is 1.05 bits per heavy atom. The molecule has 40 heavy (non-hydrogen) atoms. The van der Waals surface area contributed by atoms with Crippen LogP contribution in [0, 0.1) is 19.7 Å². The lowest BCUT2D eigenvalue weighted by molar-refractivity contribution is 0.144. The topological polar surface area (TPSA) is 86.2 Å². The number of piperidine rings is 1. The minimum atomic E-state index is -1.39. The number of amides is 2. The number of fused-ring (bicyclic) bond motifs is 1. The van der Waals surface area contributed by atoms with Crippen molar-refractivity contribution < 1.29 is 23.8 Å². The molecule has 1 atom stereocenters. The third-order valence-corrected chi connectivity index (χ3v) is 8.08. The average molecular weight is 567 g/mol. The molecule has 8 nitrogen and oxygen atoms in total. The van der Waals surface area contributed by atoms with Crippen LogP contribution in [0.3, 0.4) is 0 Å². The molecule has 0 spiro atoms. The number of benzene rings is 2. The van der Waals surface area contributed by atoms with E-state index in [-0.39, 0.29) is 28.9 Å². The summed E-state index contributed by atoms with van der Waals surface area (Å²) >= 11 is 6.16. The number of halogens is 2. The van der Waals surface area contributed by atoms with Gasteiger partial charge in [-0.15, -0.1) is 0 Å². The minimum absolute atomic E-state index is 0.0419. The first kappa shape index (κ1) is 27.7. The van der Waals surface area contributed by atoms with Crippen LogP contribution in [0.15, 0.2) is 48.5 Å². The average Bonchev–Trinajstić information content (AvgIpc) is 3.33. The number of carboxylic acid groups (broad SMARTS) is 1. The lowest BCUT2D eigenvalue weighted by Gasteiger charge is -2.42. The number of aryl methyl sites for hydroxylation is 3. The van der Waals surface area contributed by atoms with Crippen molar-refractivity contribution in [3.8, 4) is 5.75 Å². The Labute approximate surface area is 237 Å². The molecule has 1 saturated heterocycles. The predicted molar refractivity (Wildman–Crippen MR) is 152 cm³/mol. The van der Waals surface area contributed by atoms with Gasteiger partial charge in [-0.1, -0.05) is 17.7 Å². The quantitative estimate of drug-likeness (QED) is 0.271. The number of hydrogen-bond donors (Lipinski definition) is 1. The van der Waals surface area contributed by atoms with Gasteiger partial charge in [0.15, 0.2) is 0 Å². The molecule has 10 heteroatoms. The summed E-state index contributed by atoms with van der Waals surface area (Å²) in [7, 11) is 1.75. The summed E-state index contributed by atoms with van der Waals surface area (Å²) in [6.45, 7) is 5.46. The Hall–Kier alpha value is -3.85. The normalized spacial score (nSPS) is 16.9. The highest BCUT2D eigenvalue weighted by Crippen LogP contribution is 2.39. The van der Waals surface area contributed by atoms with Gasteiger partial charge in [0.25, 0.3) is 0 Å². The van der Waals surface area contributed by atoms with Crippen LogP contribution in [0.5, 0.6) is 5.75 Å². The molecular formula is C30H32ClFN4O4. The molecule has 1 aromatic heterocycles. The Bertz CT molecular complexity index is 1420. The molecule has 1 fully saturated rings. The van der Waals surface area contributed by atoms with Crippen LogP contribution in [-0.2, 0) is 6.42 Å².